The van der Waals surface area contributed by atoms with Gasteiger partial charge < -0.3 is 10.4 Å². The maximum Gasteiger partial charge on any atom is 0.326 e. The minimum Gasteiger partial charge on any atom is -0.480 e. The highest BCUT2D eigenvalue weighted by atomic mass is 19.1. The standard InChI is InChI=1S/C15H18FNO3/c1-2-3-13(15(19)20)17-14(18)12-8-11(12)9-4-6-10(16)7-5-9/h4-7,11-13H,2-3,8H2,1H3,(H,17,18)(H,19,20)/t11-,12+,13-/m0/s1. The van der Waals surface area contributed by atoms with Gasteiger partial charge in [-0.2, -0.15) is 0 Å². The van der Waals surface area contributed by atoms with Gasteiger partial charge in [-0.15, -0.1) is 0 Å². The monoisotopic (exact) mass is 279 g/mol. The Hall–Kier alpha value is -1.91. The average Bonchev–Trinajstić information content (AvgIpc) is 3.19. The van der Waals surface area contributed by atoms with Crippen LogP contribution in [0.15, 0.2) is 24.3 Å². The maximum absolute atomic E-state index is 12.8. The number of amides is 1. The molecular formula is C15H18FNO3. The zero-order chi connectivity index (χ0) is 14.7. The maximum atomic E-state index is 12.8. The zero-order valence-electron chi connectivity index (χ0n) is 11.3. The number of carbonyl (C=O) groups is 2. The van der Waals surface area contributed by atoms with Crippen LogP contribution < -0.4 is 5.32 Å². The first kappa shape index (κ1) is 14.5. The van der Waals surface area contributed by atoms with Gasteiger partial charge in [-0.3, -0.25) is 4.79 Å². The number of rotatable bonds is 6. The summed E-state index contributed by atoms with van der Waals surface area (Å²) in [5.41, 5.74) is 0.925. The van der Waals surface area contributed by atoms with Crippen molar-refractivity contribution in [1.82, 2.24) is 5.32 Å². The van der Waals surface area contributed by atoms with Crippen molar-refractivity contribution < 1.29 is 19.1 Å². The molecule has 4 nitrogen and oxygen atoms in total. The Bertz CT molecular complexity index is 500. The first-order valence-electron chi connectivity index (χ1n) is 6.81. The third-order valence-electron chi connectivity index (χ3n) is 3.62. The molecule has 3 atom stereocenters. The van der Waals surface area contributed by atoms with E-state index in [2.05, 4.69) is 5.32 Å². The summed E-state index contributed by atoms with van der Waals surface area (Å²) in [7, 11) is 0. The van der Waals surface area contributed by atoms with E-state index in [1.54, 1.807) is 12.1 Å². The highest BCUT2D eigenvalue weighted by Crippen LogP contribution is 2.47. The van der Waals surface area contributed by atoms with Crippen LogP contribution in [0.1, 0.15) is 37.7 Å². The van der Waals surface area contributed by atoms with Gasteiger partial charge >= 0.3 is 5.97 Å². The summed E-state index contributed by atoms with van der Waals surface area (Å²) in [4.78, 5) is 23.0. The van der Waals surface area contributed by atoms with E-state index in [4.69, 9.17) is 5.11 Å². The lowest BCUT2D eigenvalue weighted by atomic mass is 10.1. The molecule has 0 aromatic heterocycles. The molecule has 0 aliphatic heterocycles. The van der Waals surface area contributed by atoms with Crippen molar-refractivity contribution in [2.45, 2.75) is 38.1 Å². The van der Waals surface area contributed by atoms with Crippen LogP contribution in [-0.2, 0) is 9.59 Å². The predicted molar refractivity (Wildman–Crippen MR) is 71.7 cm³/mol. The minimum absolute atomic E-state index is 0.0756. The quantitative estimate of drug-likeness (QED) is 0.839. The van der Waals surface area contributed by atoms with Crippen molar-refractivity contribution in [2.75, 3.05) is 0 Å². The molecule has 1 aliphatic carbocycles. The fourth-order valence-electron chi connectivity index (χ4n) is 2.39. The molecule has 0 radical (unpaired) electrons. The summed E-state index contributed by atoms with van der Waals surface area (Å²) in [6.45, 7) is 1.88. The summed E-state index contributed by atoms with van der Waals surface area (Å²) in [6.07, 6.45) is 1.81. The second kappa shape index (κ2) is 6.03. The molecule has 1 amide bonds. The van der Waals surface area contributed by atoms with E-state index in [-0.39, 0.29) is 23.6 Å². The fourth-order valence-corrected chi connectivity index (χ4v) is 2.39. The van der Waals surface area contributed by atoms with E-state index in [1.165, 1.54) is 12.1 Å². The number of hydrogen-bond donors (Lipinski definition) is 2. The highest BCUT2D eigenvalue weighted by molar-refractivity contribution is 5.87. The molecule has 2 N–H and O–H groups in total. The summed E-state index contributed by atoms with van der Waals surface area (Å²) in [5.74, 6) is -1.64. The van der Waals surface area contributed by atoms with Crippen LogP contribution in [0.3, 0.4) is 0 Å². The van der Waals surface area contributed by atoms with Crippen LogP contribution in [-0.4, -0.2) is 23.0 Å². The average molecular weight is 279 g/mol. The van der Waals surface area contributed by atoms with E-state index >= 15 is 0 Å². The van der Waals surface area contributed by atoms with Crippen molar-refractivity contribution in [3.63, 3.8) is 0 Å². The van der Waals surface area contributed by atoms with Gasteiger partial charge in [-0.25, -0.2) is 9.18 Å². The van der Waals surface area contributed by atoms with E-state index in [9.17, 15) is 14.0 Å². The Labute approximate surface area is 117 Å². The molecule has 1 aromatic carbocycles. The van der Waals surface area contributed by atoms with Crippen molar-refractivity contribution in [2.24, 2.45) is 5.92 Å². The van der Waals surface area contributed by atoms with Gasteiger partial charge in [0.05, 0.1) is 0 Å². The number of carboxylic acid groups (broad SMARTS) is 1. The zero-order valence-corrected chi connectivity index (χ0v) is 11.3. The van der Waals surface area contributed by atoms with Gasteiger partial charge in [-0.05, 0) is 36.5 Å². The Morgan fingerprint density at radius 2 is 2.05 bits per heavy atom. The van der Waals surface area contributed by atoms with Crippen molar-refractivity contribution in [3.8, 4) is 0 Å². The largest absolute Gasteiger partial charge is 0.480 e. The molecule has 0 heterocycles. The topological polar surface area (TPSA) is 66.4 Å². The van der Waals surface area contributed by atoms with Crippen LogP contribution in [0.25, 0.3) is 0 Å². The van der Waals surface area contributed by atoms with E-state index in [0.29, 0.717) is 19.3 Å². The number of carbonyl (C=O) groups excluding carboxylic acids is 1. The molecule has 2 rings (SSSR count). The smallest absolute Gasteiger partial charge is 0.326 e. The fraction of sp³-hybridized carbons (Fsp3) is 0.467. The minimum atomic E-state index is -1.00. The van der Waals surface area contributed by atoms with Gasteiger partial charge in [0.25, 0.3) is 0 Å². The second-order valence-electron chi connectivity index (χ2n) is 5.19. The Balaban J connectivity index is 1.92. The van der Waals surface area contributed by atoms with Crippen LogP contribution in [0.5, 0.6) is 0 Å². The van der Waals surface area contributed by atoms with Crippen LogP contribution in [0.2, 0.25) is 0 Å². The number of nitrogens with one attached hydrogen (secondary N) is 1. The van der Waals surface area contributed by atoms with Crippen LogP contribution >= 0.6 is 0 Å². The molecule has 1 aliphatic rings. The molecule has 0 saturated heterocycles. The number of aliphatic carboxylic acids is 1. The van der Waals surface area contributed by atoms with Crippen molar-refractivity contribution >= 4 is 11.9 Å². The van der Waals surface area contributed by atoms with Crippen LogP contribution in [0, 0.1) is 11.7 Å². The molecule has 1 saturated carbocycles. The molecule has 1 aromatic rings. The third kappa shape index (κ3) is 3.35. The lowest BCUT2D eigenvalue weighted by Gasteiger charge is -2.13. The molecule has 1 fully saturated rings. The number of hydrogen-bond acceptors (Lipinski definition) is 2. The Morgan fingerprint density at radius 1 is 1.40 bits per heavy atom. The molecule has 20 heavy (non-hydrogen) atoms. The second-order valence-corrected chi connectivity index (χ2v) is 5.19. The molecular weight excluding hydrogens is 261 g/mol. The Kier molecular flexibility index (Phi) is 4.37. The van der Waals surface area contributed by atoms with Gasteiger partial charge in [-0.1, -0.05) is 25.5 Å². The predicted octanol–water partition coefficient (Wildman–Crippen LogP) is 2.30. The number of halogens is 1. The number of benzene rings is 1. The third-order valence-corrected chi connectivity index (χ3v) is 3.62. The lowest BCUT2D eigenvalue weighted by molar-refractivity contribution is -0.142. The summed E-state index contributed by atoms with van der Waals surface area (Å²) >= 11 is 0. The van der Waals surface area contributed by atoms with Crippen LogP contribution in [0.4, 0.5) is 4.39 Å². The van der Waals surface area contributed by atoms with Gasteiger partial charge in [0.1, 0.15) is 11.9 Å². The SMILES string of the molecule is CCC[C@H](NC(=O)[C@@H]1C[C@H]1c1ccc(F)cc1)C(=O)O. The first-order valence-corrected chi connectivity index (χ1v) is 6.81. The van der Waals surface area contributed by atoms with Gasteiger partial charge in [0.2, 0.25) is 5.91 Å². The normalized spacial score (nSPS) is 22.1. The molecule has 0 spiro atoms. The summed E-state index contributed by atoms with van der Waals surface area (Å²) in [5, 5.41) is 11.6. The molecule has 108 valence electrons. The van der Waals surface area contributed by atoms with E-state index in [0.717, 1.165) is 5.56 Å². The number of carboxylic acids is 1. The summed E-state index contributed by atoms with van der Waals surface area (Å²) < 4.78 is 12.8. The highest BCUT2D eigenvalue weighted by Gasteiger charge is 2.44. The van der Waals surface area contributed by atoms with Crippen molar-refractivity contribution in [1.29, 1.82) is 0 Å². The molecule has 0 bridgehead atoms. The van der Waals surface area contributed by atoms with Gasteiger partial charge in [0, 0.05) is 5.92 Å². The van der Waals surface area contributed by atoms with Crippen molar-refractivity contribution in [3.05, 3.63) is 35.6 Å². The van der Waals surface area contributed by atoms with Gasteiger partial charge in [0.15, 0.2) is 0 Å². The van der Waals surface area contributed by atoms with E-state index in [1.807, 2.05) is 6.92 Å². The lowest BCUT2D eigenvalue weighted by Crippen LogP contribution is -2.41. The van der Waals surface area contributed by atoms with E-state index < -0.39 is 12.0 Å². The Morgan fingerprint density at radius 3 is 2.60 bits per heavy atom. The molecule has 0 unspecified atom stereocenters. The summed E-state index contributed by atoms with van der Waals surface area (Å²) in [6, 6.07) is 5.28. The first-order chi connectivity index (χ1) is 9.52. The molecule has 5 heteroatoms.